The zero-order valence-corrected chi connectivity index (χ0v) is 16.5. The van der Waals surface area contributed by atoms with Gasteiger partial charge in [-0.15, -0.1) is 0 Å². The third-order valence-electron chi connectivity index (χ3n) is 5.73. The second-order valence-corrected chi connectivity index (χ2v) is 7.85. The number of hydrogen-bond acceptors (Lipinski definition) is 7. The van der Waals surface area contributed by atoms with E-state index in [4.69, 9.17) is 0 Å². The number of hydrogen-bond donors (Lipinski definition) is 1. The summed E-state index contributed by atoms with van der Waals surface area (Å²) in [4.78, 5) is 30.1. The fourth-order valence-electron chi connectivity index (χ4n) is 3.88. The fraction of sp³-hybridized carbons (Fsp3) is 0.737. The Hall–Kier alpha value is -1.77. The van der Waals surface area contributed by atoms with Crippen LogP contribution in [-0.2, 0) is 4.79 Å². The zero-order valence-electron chi connectivity index (χ0n) is 16.5. The Morgan fingerprint density at radius 1 is 1.15 bits per heavy atom. The lowest BCUT2D eigenvalue weighted by Crippen LogP contribution is -2.52. The maximum Gasteiger partial charge on any atom is 0.236 e. The number of likely N-dealkylation sites (tertiary alicyclic amines) is 1. The van der Waals surface area contributed by atoms with Gasteiger partial charge in [-0.2, -0.15) is 0 Å². The predicted molar refractivity (Wildman–Crippen MR) is 105 cm³/mol. The maximum absolute atomic E-state index is 12.9. The van der Waals surface area contributed by atoms with E-state index in [1.807, 2.05) is 11.0 Å². The Labute approximate surface area is 161 Å². The minimum atomic E-state index is 0.152. The summed E-state index contributed by atoms with van der Waals surface area (Å²) < 4.78 is 0. The van der Waals surface area contributed by atoms with Crippen molar-refractivity contribution in [2.24, 2.45) is 5.92 Å². The zero-order chi connectivity index (χ0) is 19.2. The summed E-state index contributed by atoms with van der Waals surface area (Å²) in [5, 5.41) is 9.62. The van der Waals surface area contributed by atoms with Crippen LogP contribution in [0, 0.1) is 5.92 Å². The van der Waals surface area contributed by atoms with Gasteiger partial charge in [-0.1, -0.05) is 0 Å². The first-order chi connectivity index (χ1) is 13.1. The van der Waals surface area contributed by atoms with Crippen LogP contribution in [0.15, 0.2) is 18.5 Å². The minimum Gasteiger partial charge on any atom is -0.396 e. The number of aromatic nitrogens is 2. The van der Waals surface area contributed by atoms with Crippen molar-refractivity contribution in [3.8, 4) is 0 Å². The molecule has 2 fully saturated rings. The van der Waals surface area contributed by atoms with Gasteiger partial charge in [0.2, 0.25) is 11.9 Å². The fourth-order valence-corrected chi connectivity index (χ4v) is 3.88. The van der Waals surface area contributed by atoms with Crippen LogP contribution in [0.4, 0.5) is 5.95 Å². The number of likely N-dealkylation sites (N-methyl/N-ethyl adjacent to an activating group) is 1. The van der Waals surface area contributed by atoms with Crippen molar-refractivity contribution in [2.75, 3.05) is 71.4 Å². The molecule has 1 aromatic rings. The molecule has 0 aliphatic carbocycles. The highest BCUT2D eigenvalue weighted by Crippen LogP contribution is 2.19. The minimum absolute atomic E-state index is 0.152. The number of aliphatic hydroxyl groups excluding tert-OH is 1. The molecule has 2 atom stereocenters. The van der Waals surface area contributed by atoms with E-state index in [0.717, 1.165) is 51.5 Å². The highest BCUT2D eigenvalue weighted by Gasteiger charge is 2.29. The molecular formula is C19H32N6O2. The molecule has 0 radical (unpaired) electrons. The molecule has 1 amide bonds. The quantitative estimate of drug-likeness (QED) is 0.760. The Bertz CT molecular complexity index is 591. The lowest BCUT2D eigenvalue weighted by atomic mass is 10.0. The van der Waals surface area contributed by atoms with Crippen LogP contribution in [-0.4, -0.2) is 108 Å². The molecule has 1 aromatic heterocycles. The average molecular weight is 377 g/mol. The Morgan fingerprint density at radius 3 is 2.48 bits per heavy atom. The molecule has 1 N–H and O–H groups in total. The average Bonchev–Trinajstić information content (AvgIpc) is 2.92. The molecule has 2 saturated heterocycles. The van der Waals surface area contributed by atoms with E-state index in [1.54, 1.807) is 12.4 Å². The molecule has 2 aliphatic heterocycles. The summed E-state index contributed by atoms with van der Waals surface area (Å²) in [6, 6.07) is 2.18. The Morgan fingerprint density at radius 2 is 1.85 bits per heavy atom. The van der Waals surface area contributed by atoms with Crippen LogP contribution < -0.4 is 4.90 Å². The van der Waals surface area contributed by atoms with Crippen LogP contribution in [0.2, 0.25) is 0 Å². The SMILES string of the molecule is CN(C)[C@@H]1CC[C@H](CO)CN(C(=O)CN2CCN(c3ncccn3)CC2)C1. The third-order valence-corrected chi connectivity index (χ3v) is 5.73. The van der Waals surface area contributed by atoms with Crippen molar-refractivity contribution in [3.63, 3.8) is 0 Å². The first-order valence-corrected chi connectivity index (χ1v) is 9.86. The molecule has 0 aromatic carbocycles. The van der Waals surface area contributed by atoms with E-state index < -0.39 is 0 Å². The van der Waals surface area contributed by atoms with Gasteiger partial charge in [-0.25, -0.2) is 9.97 Å². The molecule has 27 heavy (non-hydrogen) atoms. The van der Waals surface area contributed by atoms with Gasteiger partial charge < -0.3 is 19.8 Å². The molecule has 0 bridgehead atoms. The molecule has 0 spiro atoms. The molecule has 3 rings (SSSR count). The van der Waals surface area contributed by atoms with Gasteiger partial charge in [0.25, 0.3) is 0 Å². The maximum atomic E-state index is 12.9. The molecule has 0 saturated carbocycles. The van der Waals surface area contributed by atoms with Crippen molar-refractivity contribution in [2.45, 2.75) is 18.9 Å². The summed E-state index contributed by atoms with van der Waals surface area (Å²) in [6.07, 6.45) is 5.52. The summed E-state index contributed by atoms with van der Waals surface area (Å²) >= 11 is 0. The van der Waals surface area contributed by atoms with Crippen molar-refractivity contribution in [3.05, 3.63) is 18.5 Å². The second kappa shape index (κ2) is 9.43. The Kier molecular flexibility index (Phi) is 6.98. The largest absolute Gasteiger partial charge is 0.396 e. The molecule has 150 valence electrons. The van der Waals surface area contributed by atoms with Gasteiger partial charge in [0.15, 0.2) is 0 Å². The van der Waals surface area contributed by atoms with E-state index in [9.17, 15) is 9.90 Å². The number of anilines is 1. The van der Waals surface area contributed by atoms with E-state index >= 15 is 0 Å². The molecule has 8 heteroatoms. The first-order valence-electron chi connectivity index (χ1n) is 9.86. The van der Waals surface area contributed by atoms with E-state index in [2.05, 4.69) is 38.8 Å². The van der Waals surface area contributed by atoms with Crippen molar-refractivity contribution < 1.29 is 9.90 Å². The Balaban J connectivity index is 1.53. The summed E-state index contributed by atoms with van der Waals surface area (Å²) in [5.41, 5.74) is 0. The van der Waals surface area contributed by atoms with E-state index in [0.29, 0.717) is 19.1 Å². The van der Waals surface area contributed by atoms with Crippen molar-refractivity contribution in [1.82, 2.24) is 24.7 Å². The summed E-state index contributed by atoms with van der Waals surface area (Å²) in [5.74, 6) is 1.12. The highest BCUT2D eigenvalue weighted by atomic mass is 16.3. The van der Waals surface area contributed by atoms with Gasteiger partial charge in [0.1, 0.15) is 0 Å². The first kappa shape index (κ1) is 20.0. The highest BCUT2D eigenvalue weighted by molar-refractivity contribution is 5.78. The normalized spacial score (nSPS) is 24.9. The number of amides is 1. The van der Waals surface area contributed by atoms with Gasteiger partial charge in [-0.05, 0) is 38.9 Å². The van der Waals surface area contributed by atoms with Crippen LogP contribution >= 0.6 is 0 Å². The van der Waals surface area contributed by atoms with Gasteiger partial charge in [0.05, 0.1) is 6.54 Å². The van der Waals surface area contributed by atoms with E-state index in [1.165, 1.54) is 0 Å². The van der Waals surface area contributed by atoms with Crippen LogP contribution in [0.25, 0.3) is 0 Å². The summed E-state index contributed by atoms with van der Waals surface area (Å²) in [7, 11) is 4.13. The standard InChI is InChI=1S/C19H32N6O2/c1-22(2)17-5-4-16(15-26)12-25(13-17)18(27)14-23-8-10-24(11-9-23)19-20-6-3-7-21-19/h3,6-7,16-17,26H,4-5,8-15H2,1-2H3/t16-,17+/m0/s1. The number of aliphatic hydroxyl groups is 1. The number of rotatable bonds is 5. The van der Waals surface area contributed by atoms with E-state index in [-0.39, 0.29) is 18.4 Å². The predicted octanol–water partition coefficient (Wildman–Crippen LogP) is -0.240. The van der Waals surface area contributed by atoms with Gasteiger partial charge in [-0.3, -0.25) is 9.69 Å². The van der Waals surface area contributed by atoms with Gasteiger partial charge >= 0.3 is 0 Å². The molecule has 3 heterocycles. The number of carbonyl (C=O) groups is 1. The smallest absolute Gasteiger partial charge is 0.236 e. The molecule has 8 nitrogen and oxygen atoms in total. The topological polar surface area (TPSA) is 76.0 Å². The number of piperazine rings is 1. The second-order valence-electron chi connectivity index (χ2n) is 7.85. The van der Waals surface area contributed by atoms with Gasteiger partial charge in [0, 0.05) is 64.3 Å². The lowest BCUT2D eigenvalue weighted by molar-refractivity contribution is -0.133. The molecule has 0 unspecified atom stereocenters. The van der Waals surface area contributed by atoms with Crippen LogP contribution in [0.5, 0.6) is 0 Å². The van der Waals surface area contributed by atoms with Crippen molar-refractivity contribution in [1.29, 1.82) is 0 Å². The molecule has 2 aliphatic rings. The van der Waals surface area contributed by atoms with Crippen molar-refractivity contribution >= 4 is 11.9 Å². The third kappa shape index (κ3) is 5.37. The monoisotopic (exact) mass is 376 g/mol. The number of carbonyl (C=O) groups excluding carboxylic acids is 1. The van der Waals surface area contributed by atoms with Crippen LogP contribution in [0.1, 0.15) is 12.8 Å². The van der Waals surface area contributed by atoms with Crippen LogP contribution in [0.3, 0.4) is 0 Å². The lowest BCUT2D eigenvalue weighted by Gasteiger charge is -2.36. The molecular weight excluding hydrogens is 344 g/mol. The summed E-state index contributed by atoms with van der Waals surface area (Å²) in [6.45, 7) is 5.34. The number of nitrogens with zero attached hydrogens (tertiary/aromatic N) is 6.